The van der Waals surface area contributed by atoms with Gasteiger partial charge in [-0.1, -0.05) is 6.07 Å². The number of fused-ring (bicyclic) bond motifs is 1. The molecule has 1 N–H and O–H groups in total. The van der Waals surface area contributed by atoms with Gasteiger partial charge >= 0.3 is 6.18 Å². The molecule has 3 rings (SSSR count). The second-order valence-corrected chi connectivity index (χ2v) is 5.12. The van der Waals surface area contributed by atoms with Crippen LogP contribution in [0.4, 0.5) is 23.4 Å². The van der Waals surface area contributed by atoms with Crippen molar-refractivity contribution in [2.24, 2.45) is 0 Å². The Kier molecular flexibility index (Phi) is 4.64. The summed E-state index contributed by atoms with van der Waals surface area (Å²) in [7, 11) is 0. The molecule has 0 saturated heterocycles. The van der Waals surface area contributed by atoms with E-state index in [1.54, 1.807) is 18.2 Å². The summed E-state index contributed by atoms with van der Waals surface area (Å²) >= 11 is 0. The smallest absolute Gasteiger partial charge is 0.422 e. The van der Waals surface area contributed by atoms with Crippen molar-refractivity contribution in [2.75, 3.05) is 11.9 Å². The largest absolute Gasteiger partial charge is 0.468 e. The first-order chi connectivity index (χ1) is 11.9. The molecule has 0 aliphatic heterocycles. The summed E-state index contributed by atoms with van der Waals surface area (Å²) in [6.45, 7) is -1.17. The van der Waals surface area contributed by atoms with E-state index in [1.165, 1.54) is 24.7 Å². The van der Waals surface area contributed by atoms with Crippen LogP contribution in [0, 0.1) is 5.82 Å². The van der Waals surface area contributed by atoms with Crippen LogP contribution in [0.3, 0.4) is 0 Å². The number of ether oxygens (including phenoxy) is 1. The van der Waals surface area contributed by atoms with Gasteiger partial charge in [0.2, 0.25) is 5.88 Å². The van der Waals surface area contributed by atoms with Gasteiger partial charge in [0.25, 0.3) is 0 Å². The van der Waals surface area contributed by atoms with Gasteiger partial charge in [0.1, 0.15) is 23.5 Å². The summed E-state index contributed by atoms with van der Waals surface area (Å²) < 4.78 is 54.9. The number of halogens is 4. The van der Waals surface area contributed by atoms with Gasteiger partial charge in [0.05, 0.1) is 0 Å². The molecule has 130 valence electrons. The highest BCUT2D eigenvalue weighted by Crippen LogP contribution is 2.22. The Hall–Kier alpha value is -2.97. The molecule has 0 aliphatic rings. The van der Waals surface area contributed by atoms with Crippen molar-refractivity contribution in [3.05, 3.63) is 54.2 Å². The molecule has 1 aromatic carbocycles. The lowest BCUT2D eigenvalue weighted by Crippen LogP contribution is -2.19. The molecule has 5 nitrogen and oxygen atoms in total. The van der Waals surface area contributed by atoms with Crippen molar-refractivity contribution in [2.45, 2.75) is 12.7 Å². The van der Waals surface area contributed by atoms with E-state index in [-0.39, 0.29) is 17.9 Å². The number of anilines is 1. The van der Waals surface area contributed by atoms with Crippen LogP contribution in [0.5, 0.6) is 5.88 Å². The van der Waals surface area contributed by atoms with E-state index in [1.807, 2.05) is 0 Å². The number of hydrogen-bond donors (Lipinski definition) is 1. The van der Waals surface area contributed by atoms with E-state index in [0.717, 1.165) is 0 Å². The van der Waals surface area contributed by atoms with Crippen LogP contribution in [-0.4, -0.2) is 27.7 Å². The summed E-state index contributed by atoms with van der Waals surface area (Å²) in [5.41, 5.74) is 0.819. The summed E-state index contributed by atoms with van der Waals surface area (Å²) in [6.07, 6.45) is -1.85. The van der Waals surface area contributed by atoms with E-state index in [0.29, 0.717) is 16.8 Å². The minimum absolute atomic E-state index is 0.129. The fourth-order valence-corrected chi connectivity index (χ4v) is 2.17. The lowest BCUT2D eigenvalue weighted by atomic mass is 10.2. The minimum atomic E-state index is -4.43. The average molecular weight is 352 g/mol. The number of nitrogens with zero attached hydrogens (tertiary/aromatic N) is 3. The maximum atomic E-state index is 13.7. The van der Waals surface area contributed by atoms with Crippen LogP contribution in [0.25, 0.3) is 10.9 Å². The normalized spacial score (nSPS) is 11.5. The molecule has 9 heteroatoms. The third kappa shape index (κ3) is 4.31. The number of alkyl halides is 3. The predicted molar refractivity (Wildman–Crippen MR) is 82.6 cm³/mol. The van der Waals surface area contributed by atoms with Crippen LogP contribution < -0.4 is 10.1 Å². The van der Waals surface area contributed by atoms with Crippen LogP contribution in [-0.2, 0) is 6.54 Å². The van der Waals surface area contributed by atoms with Gasteiger partial charge in [-0.05, 0) is 23.8 Å². The average Bonchev–Trinajstić information content (AvgIpc) is 2.58. The Morgan fingerprint density at radius 3 is 2.72 bits per heavy atom. The van der Waals surface area contributed by atoms with Gasteiger partial charge < -0.3 is 10.1 Å². The number of pyridine rings is 1. The lowest BCUT2D eigenvalue weighted by molar-refractivity contribution is -0.154. The van der Waals surface area contributed by atoms with E-state index in [9.17, 15) is 17.6 Å². The molecule has 0 spiro atoms. The van der Waals surface area contributed by atoms with Crippen LogP contribution in [0.15, 0.2) is 42.9 Å². The molecular weight excluding hydrogens is 340 g/mol. The molecule has 0 atom stereocenters. The number of nitrogens with one attached hydrogen (secondary N) is 1. The molecule has 2 aromatic heterocycles. The van der Waals surface area contributed by atoms with Gasteiger partial charge in [-0.15, -0.1) is 0 Å². The van der Waals surface area contributed by atoms with Gasteiger partial charge in [-0.25, -0.2) is 19.3 Å². The molecule has 0 amide bonds. The van der Waals surface area contributed by atoms with Gasteiger partial charge in [0.15, 0.2) is 6.61 Å². The van der Waals surface area contributed by atoms with Crippen LogP contribution >= 0.6 is 0 Å². The van der Waals surface area contributed by atoms with Crippen LogP contribution in [0.2, 0.25) is 0 Å². The minimum Gasteiger partial charge on any atom is -0.468 e. The second kappa shape index (κ2) is 6.88. The Morgan fingerprint density at radius 1 is 1.08 bits per heavy atom. The van der Waals surface area contributed by atoms with Crippen molar-refractivity contribution in [1.82, 2.24) is 15.0 Å². The van der Waals surface area contributed by atoms with Crippen molar-refractivity contribution >= 4 is 16.7 Å². The zero-order chi connectivity index (χ0) is 17.9. The molecule has 0 bridgehead atoms. The monoisotopic (exact) mass is 352 g/mol. The van der Waals surface area contributed by atoms with Crippen molar-refractivity contribution < 1.29 is 22.3 Å². The Morgan fingerprint density at radius 2 is 1.92 bits per heavy atom. The molecule has 2 heterocycles. The highest BCUT2D eigenvalue weighted by molar-refractivity contribution is 5.89. The molecule has 25 heavy (non-hydrogen) atoms. The zero-order valence-electron chi connectivity index (χ0n) is 12.7. The Bertz CT molecular complexity index is 885. The summed E-state index contributed by atoms with van der Waals surface area (Å²) in [5.74, 6) is -0.177. The Balaban J connectivity index is 1.73. The van der Waals surface area contributed by atoms with Gasteiger partial charge in [-0.3, -0.25) is 0 Å². The Labute approximate surface area is 139 Å². The van der Waals surface area contributed by atoms with Crippen molar-refractivity contribution in [1.29, 1.82) is 0 Å². The number of hydrogen-bond acceptors (Lipinski definition) is 5. The highest BCUT2D eigenvalue weighted by Gasteiger charge is 2.28. The fraction of sp³-hybridized carbons (Fsp3) is 0.188. The maximum absolute atomic E-state index is 13.7. The molecule has 0 unspecified atom stereocenters. The molecular formula is C16H12F4N4O. The van der Waals surface area contributed by atoms with E-state index in [4.69, 9.17) is 0 Å². The number of para-hydroxylation sites is 1. The zero-order valence-corrected chi connectivity index (χ0v) is 12.7. The third-order valence-corrected chi connectivity index (χ3v) is 3.26. The van der Waals surface area contributed by atoms with Gasteiger partial charge in [-0.2, -0.15) is 13.2 Å². The highest BCUT2D eigenvalue weighted by atomic mass is 19.4. The standard InChI is InChI=1S/C16H12F4N4O/c17-12-3-1-2-11-14(12)23-9-24-15(11)22-7-10-4-5-21-13(6-10)25-8-16(18,19)20/h1-6,9H,7-8H2,(H,22,23,24). The molecule has 0 saturated carbocycles. The summed E-state index contributed by atoms with van der Waals surface area (Å²) in [5, 5.41) is 3.51. The van der Waals surface area contributed by atoms with Gasteiger partial charge in [0, 0.05) is 24.2 Å². The molecule has 0 radical (unpaired) electrons. The number of aromatic nitrogens is 3. The topological polar surface area (TPSA) is 59.9 Å². The maximum Gasteiger partial charge on any atom is 0.422 e. The molecule has 3 aromatic rings. The van der Waals surface area contributed by atoms with Crippen LogP contribution in [0.1, 0.15) is 5.56 Å². The van der Waals surface area contributed by atoms with E-state index >= 15 is 0 Å². The number of rotatable bonds is 5. The SMILES string of the molecule is Fc1cccc2c(NCc3ccnc(OCC(F)(F)F)c3)ncnc12. The van der Waals surface area contributed by atoms with Crippen molar-refractivity contribution in [3.8, 4) is 5.88 Å². The fourth-order valence-electron chi connectivity index (χ4n) is 2.17. The molecule has 0 aliphatic carbocycles. The third-order valence-electron chi connectivity index (χ3n) is 3.26. The predicted octanol–water partition coefficient (Wildman–Crippen LogP) is 3.72. The van der Waals surface area contributed by atoms with E-state index in [2.05, 4.69) is 25.0 Å². The quantitative estimate of drug-likeness (QED) is 0.709. The summed E-state index contributed by atoms with van der Waals surface area (Å²) in [4.78, 5) is 11.7. The first-order valence-corrected chi connectivity index (χ1v) is 7.20. The van der Waals surface area contributed by atoms with E-state index < -0.39 is 18.6 Å². The first-order valence-electron chi connectivity index (χ1n) is 7.20. The lowest BCUT2D eigenvalue weighted by Gasteiger charge is -2.11. The first kappa shape index (κ1) is 16.9. The number of benzene rings is 1. The van der Waals surface area contributed by atoms with Crippen molar-refractivity contribution in [3.63, 3.8) is 0 Å². The molecule has 0 fully saturated rings. The summed E-state index contributed by atoms with van der Waals surface area (Å²) in [6, 6.07) is 7.53. The second-order valence-electron chi connectivity index (χ2n) is 5.12.